The van der Waals surface area contributed by atoms with E-state index in [-0.39, 0.29) is 16.5 Å². The minimum absolute atomic E-state index is 0.0490. The Balaban J connectivity index is 3.17. The Hall–Kier alpha value is -0.550. The van der Waals surface area contributed by atoms with E-state index in [1.165, 1.54) is 16.4 Å². The molecule has 0 heterocycles. The van der Waals surface area contributed by atoms with Gasteiger partial charge >= 0.3 is 0 Å². The highest BCUT2D eigenvalue weighted by molar-refractivity contribution is 9.10. The molecular formula is C13H17BrN2O2S2. The summed E-state index contributed by atoms with van der Waals surface area (Å²) < 4.78 is 27.2. The van der Waals surface area contributed by atoms with Crippen molar-refractivity contribution in [1.29, 1.82) is 5.26 Å². The molecule has 0 N–H and O–H groups in total. The van der Waals surface area contributed by atoms with Crippen LogP contribution in [0.25, 0.3) is 0 Å². The van der Waals surface area contributed by atoms with Crippen LogP contribution in [0.1, 0.15) is 18.9 Å². The van der Waals surface area contributed by atoms with Crippen LogP contribution in [0.5, 0.6) is 0 Å². The molecule has 7 heteroatoms. The van der Waals surface area contributed by atoms with E-state index in [0.717, 1.165) is 12.2 Å². The van der Waals surface area contributed by atoms with Crippen molar-refractivity contribution in [3.63, 3.8) is 0 Å². The summed E-state index contributed by atoms with van der Waals surface area (Å²) in [5.74, 6) is 0.893. The monoisotopic (exact) mass is 376 g/mol. The highest BCUT2D eigenvalue weighted by atomic mass is 79.9. The normalized spacial score (nSPS) is 13.2. The van der Waals surface area contributed by atoms with Gasteiger partial charge < -0.3 is 0 Å². The lowest BCUT2D eigenvalue weighted by atomic mass is 10.2. The van der Waals surface area contributed by atoms with Gasteiger partial charge in [-0.05, 0) is 43.6 Å². The summed E-state index contributed by atoms with van der Waals surface area (Å²) in [6.07, 6.45) is 2.76. The molecule has 0 spiro atoms. The third-order valence-electron chi connectivity index (χ3n) is 3.08. The highest BCUT2D eigenvalue weighted by Gasteiger charge is 2.27. The van der Waals surface area contributed by atoms with Crippen LogP contribution in [-0.2, 0) is 10.0 Å². The second kappa shape index (κ2) is 7.46. The van der Waals surface area contributed by atoms with Crippen molar-refractivity contribution in [3.8, 4) is 6.07 Å². The minimum Gasteiger partial charge on any atom is -0.207 e. The molecule has 0 amide bonds. The lowest BCUT2D eigenvalue weighted by Crippen LogP contribution is -2.35. The summed E-state index contributed by atoms with van der Waals surface area (Å²) in [4.78, 5) is 0.0490. The van der Waals surface area contributed by atoms with Crippen molar-refractivity contribution < 1.29 is 8.42 Å². The van der Waals surface area contributed by atoms with Gasteiger partial charge in [0.05, 0.1) is 5.56 Å². The van der Waals surface area contributed by atoms with E-state index in [9.17, 15) is 8.42 Å². The lowest BCUT2D eigenvalue weighted by Gasteiger charge is -2.24. The van der Waals surface area contributed by atoms with Crippen molar-refractivity contribution in [3.05, 3.63) is 28.2 Å². The van der Waals surface area contributed by atoms with Crippen LogP contribution in [0.4, 0.5) is 0 Å². The summed E-state index contributed by atoms with van der Waals surface area (Å²) >= 11 is 4.93. The van der Waals surface area contributed by atoms with E-state index in [1.54, 1.807) is 24.9 Å². The molecule has 0 bridgehead atoms. The van der Waals surface area contributed by atoms with E-state index in [2.05, 4.69) is 15.9 Å². The number of sulfonamides is 1. The van der Waals surface area contributed by atoms with Gasteiger partial charge in [-0.3, -0.25) is 0 Å². The molecule has 110 valence electrons. The molecule has 1 rings (SSSR count). The zero-order valence-electron chi connectivity index (χ0n) is 11.6. The summed E-state index contributed by atoms with van der Waals surface area (Å²) in [7, 11) is -2.10. The molecular weight excluding hydrogens is 360 g/mol. The van der Waals surface area contributed by atoms with Crippen molar-refractivity contribution in [2.45, 2.75) is 24.3 Å². The topological polar surface area (TPSA) is 61.2 Å². The summed E-state index contributed by atoms with van der Waals surface area (Å²) in [6.45, 7) is 1.87. The summed E-state index contributed by atoms with van der Waals surface area (Å²) in [5, 5.41) is 9.08. The van der Waals surface area contributed by atoms with E-state index in [0.29, 0.717) is 4.47 Å². The van der Waals surface area contributed by atoms with Crippen LogP contribution in [0.2, 0.25) is 0 Å². The molecule has 0 aliphatic carbocycles. The molecule has 0 aliphatic rings. The van der Waals surface area contributed by atoms with Crippen molar-refractivity contribution in [1.82, 2.24) is 4.31 Å². The minimum atomic E-state index is -3.66. The number of thioether (sulfide) groups is 1. The molecule has 4 nitrogen and oxygen atoms in total. The molecule has 0 aromatic heterocycles. The fourth-order valence-corrected chi connectivity index (χ4v) is 4.31. The van der Waals surface area contributed by atoms with E-state index in [1.807, 2.05) is 19.2 Å². The molecule has 1 atom stereocenters. The van der Waals surface area contributed by atoms with E-state index < -0.39 is 10.0 Å². The Morgan fingerprint density at radius 2 is 2.15 bits per heavy atom. The van der Waals surface area contributed by atoms with Crippen molar-refractivity contribution >= 4 is 37.7 Å². The summed E-state index contributed by atoms with van der Waals surface area (Å²) in [5.41, 5.74) is 0.164. The maximum atomic E-state index is 12.6. The number of rotatable bonds is 6. The molecule has 0 unspecified atom stereocenters. The third-order valence-corrected chi connectivity index (χ3v) is 6.23. The first-order valence-electron chi connectivity index (χ1n) is 6.01. The third kappa shape index (κ3) is 3.98. The average Bonchev–Trinajstić information content (AvgIpc) is 2.43. The number of halogens is 1. The van der Waals surface area contributed by atoms with Gasteiger partial charge in [-0.25, -0.2) is 8.42 Å². The Morgan fingerprint density at radius 1 is 1.50 bits per heavy atom. The van der Waals surface area contributed by atoms with Crippen LogP contribution in [-0.4, -0.2) is 37.8 Å². The van der Waals surface area contributed by atoms with Gasteiger partial charge in [0.2, 0.25) is 10.0 Å². The average molecular weight is 377 g/mol. The van der Waals surface area contributed by atoms with Gasteiger partial charge in [0.1, 0.15) is 11.0 Å². The smallest absolute Gasteiger partial charge is 0.207 e. The van der Waals surface area contributed by atoms with Gasteiger partial charge in [0, 0.05) is 17.6 Å². The van der Waals surface area contributed by atoms with Crippen LogP contribution in [0.15, 0.2) is 27.6 Å². The number of hydrogen-bond acceptors (Lipinski definition) is 4. The first kappa shape index (κ1) is 17.5. The molecule has 0 saturated heterocycles. The Morgan fingerprint density at radius 3 is 2.70 bits per heavy atom. The quantitative estimate of drug-likeness (QED) is 0.765. The Kier molecular flexibility index (Phi) is 6.52. The molecule has 0 aliphatic heterocycles. The first-order valence-corrected chi connectivity index (χ1v) is 9.64. The van der Waals surface area contributed by atoms with Crippen LogP contribution in [0, 0.1) is 11.3 Å². The number of nitrogens with zero attached hydrogens (tertiary/aromatic N) is 2. The standard InChI is InChI=1S/C13H17BrN2O2S2/c1-10(6-7-19-3)16(2)20(17,18)13-8-12(14)5-4-11(13)9-15/h4-5,8,10H,6-7H2,1-3H3/t10-/m1/s1. The maximum absolute atomic E-state index is 12.6. The van der Waals surface area contributed by atoms with E-state index in [4.69, 9.17) is 5.26 Å². The summed E-state index contributed by atoms with van der Waals surface area (Å²) in [6, 6.07) is 6.47. The Bertz CT molecular complexity index is 611. The molecule has 20 heavy (non-hydrogen) atoms. The second-order valence-electron chi connectivity index (χ2n) is 4.40. The van der Waals surface area contributed by atoms with Gasteiger partial charge in [-0.15, -0.1) is 0 Å². The molecule has 1 aromatic carbocycles. The Labute approximate surface area is 133 Å². The van der Waals surface area contributed by atoms with Crippen LogP contribution < -0.4 is 0 Å². The number of nitriles is 1. The molecule has 0 saturated carbocycles. The predicted octanol–water partition coefficient (Wildman–Crippen LogP) is 3.08. The zero-order chi connectivity index (χ0) is 15.3. The van der Waals surface area contributed by atoms with Crippen molar-refractivity contribution in [2.75, 3.05) is 19.1 Å². The van der Waals surface area contributed by atoms with Crippen molar-refractivity contribution in [2.24, 2.45) is 0 Å². The van der Waals surface area contributed by atoms with Gasteiger partial charge in [-0.2, -0.15) is 21.3 Å². The number of hydrogen-bond donors (Lipinski definition) is 0. The maximum Gasteiger partial charge on any atom is 0.244 e. The molecule has 0 radical (unpaired) electrons. The fraction of sp³-hybridized carbons (Fsp3) is 0.462. The van der Waals surface area contributed by atoms with Gasteiger partial charge in [-0.1, -0.05) is 15.9 Å². The lowest BCUT2D eigenvalue weighted by molar-refractivity contribution is 0.382. The van der Waals surface area contributed by atoms with Crippen LogP contribution in [0.3, 0.4) is 0 Å². The first-order chi connectivity index (χ1) is 9.34. The zero-order valence-corrected chi connectivity index (χ0v) is 14.8. The number of benzene rings is 1. The SMILES string of the molecule is CSCC[C@@H](C)N(C)S(=O)(=O)c1cc(Br)ccc1C#N. The second-order valence-corrected chi connectivity index (χ2v) is 8.27. The molecule has 1 aromatic rings. The fourth-order valence-electron chi connectivity index (χ4n) is 1.66. The molecule has 0 fully saturated rings. The highest BCUT2D eigenvalue weighted by Crippen LogP contribution is 2.25. The predicted molar refractivity (Wildman–Crippen MR) is 86.3 cm³/mol. The van der Waals surface area contributed by atoms with E-state index >= 15 is 0 Å². The van der Waals surface area contributed by atoms with Gasteiger partial charge in [0.25, 0.3) is 0 Å². The van der Waals surface area contributed by atoms with Gasteiger partial charge in [0.15, 0.2) is 0 Å². The van der Waals surface area contributed by atoms with Crippen LogP contribution >= 0.6 is 27.7 Å². The largest absolute Gasteiger partial charge is 0.244 e.